The van der Waals surface area contributed by atoms with E-state index in [1.807, 2.05) is 12.1 Å². The molecule has 0 aliphatic carbocycles. The normalized spacial score (nSPS) is 12.5. The van der Waals surface area contributed by atoms with E-state index in [0.717, 1.165) is 30.2 Å². The summed E-state index contributed by atoms with van der Waals surface area (Å²) in [6.45, 7) is 4.44. The summed E-state index contributed by atoms with van der Waals surface area (Å²) in [5.74, 6) is 0.396. The molecule has 0 radical (unpaired) electrons. The van der Waals surface area contributed by atoms with Crippen molar-refractivity contribution in [1.29, 1.82) is 0 Å². The van der Waals surface area contributed by atoms with Crippen LogP contribution in [0.5, 0.6) is 5.75 Å². The number of fused-ring (bicyclic) bond motifs is 1. The number of phenolic OH excluding ortho intramolecular Hbond substituents is 1. The number of benzene rings is 1. The molecule has 1 atom stereocenters. The predicted molar refractivity (Wildman–Crippen MR) is 123 cm³/mol. The molecule has 1 N–H and O–H groups in total. The molecule has 0 aliphatic heterocycles. The summed E-state index contributed by atoms with van der Waals surface area (Å²) < 4.78 is 5.49. The van der Waals surface area contributed by atoms with Gasteiger partial charge in [0.1, 0.15) is 11.3 Å². The van der Waals surface area contributed by atoms with Crippen molar-refractivity contribution >= 4 is 11.0 Å². The van der Waals surface area contributed by atoms with Gasteiger partial charge >= 0.3 is 5.63 Å². The van der Waals surface area contributed by atoms with Gasteiger partial charge in [0, 0.05) is 17.0 Å². The first kappa shape index (κ1) is 23.5. The third-order valence-electron chi connectivity index (χ3n) is 5.98. The molecule has 0 aliphatic rings. The van der Waals surface area contributed by atoms with Crippen LogP contribution in [0.1, 0.15) is 115 Å². The van der Waals surface area contributed by atoms with Gasteiger partial charge in [-0.1, -0.05) is 90.9 Å². The fourth-order valence-corrected chi connectivity index (χ4v) is 4.26. The molecule has 0 saturated heterocycles. The van der Waals surface area contributed by atoms with Crippen LogP contribution in [-0.2, 0) is 0 Å². The molecule has 0 fully saturated rings. The SMILES string of the molecule is CCCCCCCCCCCCCC(CCC)c1cc2ccc(O)cc2oc1=O. The molecule has 1 heterocycles. The zero-order valence-electron chi connectivity index (χ0n) is 18.5. The first-order chi connectivity index (χ1) is 14.2. The van der Waals surface area contributed by atoms with Crippen LogP contribution >= 0.6 is 0 Å². The Morgan fingerprint density at radius 3 is 2.03 bits per heavy atom. The topological polar surface area (TPSA) is 50.4 Å². The van der Waals surface area contributed by atoms with Crippen LogP contribution in [0.15, 0.2) is 33.5 Å². The molecule has 1 aromatic carbocycles. The van der Waals surface area contributed by atoms with E-state index in [-0.39, 0.29) is 17.3 Å². The highest BCUT2D eigenvalue weighted by atomic mass is 16.4. The Kier molecular flexibility index (Phi) is 10.9. The van der Waals surface area contributed by atoms with Crippen molar-refractivity contribution in [3.63, 3.8) is 0 Å². The number of hydrogen-bond donors (Lipinski definition) is 1. The lowest BCUT2D eigenvalue weighted by Gasteiger charge is -2.16. The van der Waals surface area contributed by atoms with Crippen molar-refractivity contribution in [2.24, 2.45) is 0 Å². The second kappa shape index (κ2) is 13.5. The first-order valence-corrected chi connectivity index (χ1v) is 11.9. The molecule has 2 rings (SSSR count). The van der Waals surface area contributed by atoms with Crippen LogP contribution in [0.4, 0.5) is 0 Å². The summed E-state index contributed by atoms with van der Waals surface area (Å²) in [5.41, 5.74) is 1.02. The average molecular weight is 401 g/mol. The molecule has 29 heavy (non-hydrogen) atoms. The zero-order chi connectivity index (χ0) is 20.9. The highest BCUT2D eigenvalue weighted by Gasteiger charge is 2.16. The van der Waals surface area contributed by atoms with Crippen LogP contribution in [0.25, 0.3) is 11.0 Å². The number of rotatable bonds is 15. The highest BCUT2D eigenvalue weighted by molar-refractivity contribution is 5.78. The van der Waals surface area contributed by atoms with Crippen molar-refractivity contribution in [1.82, 2.24) is 0 Å². The molecule has 0 amide bonds. The Morgan fingerprint density at radius 2 is 1.41 bits per heavy atom. The molecule has 0 saturated carbocycles. The van der Waals surface area contributed by atoms with Crippen LogP contribution < -0.4 is 5.63 Å². The van der Waals surface area contributed by atoms with E-state index >= 15 is 0 Å². The average Bonchev–Trinajstić information content (AvgIpc) is 2.70. The van der Waals surface area contributed by atoms with Gasteiger partial charge in [-0.25, -0.2) is 4.79 Å². The summed E-state index contributed by atoms with van der Waals surface area (Å²) in [5, 5.41) is 10.5. The summed E-state index contributed by atoms with van der Waals surface area (Å²) in [6.07, 6.45) is 17.9. The van der Waals surface area contributed by atoms with E-state index in [9.17, 15) is 9.90 Å². The summed E-state index contributed by atoms with van der Waals surface area (Å²) in [6, 6.07) is 6.95. The molecule has 3 heteroatoms. The highest BCUT2D eigenvalue weighted by Crippen LogP contribution is 2.28. The van der Waals surface area contributed by atoms with Gasteiger partial charge in [-0.2, -0.15) is 0 Å². The van der Waals surface area contributed by atoms with Crippen molar-refractivity contribution in [2.75, 3.05) is 0 Å². The lowest BCUT2D eigenvalue weighted by molar-refractivity contribution is 0.468. The third kappa shape index (κ3) is 8.24. The van der Waals surface area contributed by atoms with Gasteiger partial charge in [-0.05, 0) is 37.0 Å². The Bertz CT molecular complexity index is 762. The summed E-state index contributed by atoms with van der Waals surface area (Å²) in [7, 11) is 0. The predicted octanol–water partition coefficient (Wildman–Crippen LogP) is 8.08. The fraction of sp³-hybridized carbons (Fsp3) is 0.654. The smallest absolute Gasteiger partial charge is 0.339 e. The Hall–Kier alpha value is -1.77. The third-order valence-corrected chi connectivity index (χ3v) is 5.98. The van der Waals surface area contributed by atoms with Crippen molar-refractivity contribution in [3.8, 4) is 5.75 Å². The summed E-state index contributed by atoms with van der Waals surface area (Å²) >= 11 is 0. The maximum atomic E-state index is 12.5. The monoisotopic (exact) mass is 400 g/mol. The summed E-state index contributed by atoms with van der Waals surface area (Å²) in [4.78, 5) is 12.5. The number of unbranched alkanes of at least 4 members (excludes halogenated alkanes) is 10. The van der Waals surface area contributed by atoms with E-state index in [0.29, 0.717) is 5.58 Å². The minimum Gasteiger partial charge on any atom is -0.508 e. The molecule has 0 bridgehead atoms. The molecule has 0 spiro atoms. The zero-order valence-corrected chi connectivity index (χ0v) is 18.5. The molecule has 3 nitrogen and oxygen atoms in total. The Morgan fingerprint density at radius 1 is 0.793 bits per heavy atom. The molecule has 1 unspecified atom stereocenters. The Balaban J connectivity index is 1.76. The first-order valence-electron chi connectivity index (χ1n) is 11.9. The second-order valence-corrected chi connectivity index (χ2v) is 8.52. The standard InChI is InChI=1S/C26H40O3/c1-3-5-6-7-8-9-10-11-12-13-14-16-21(15-4-2)24-19-22-17-18-23(27)20-25(22)29-26(24)28/h17-21,27H,3-16H2,1-2H3. The lowest BCUT2D eigenvalue weighted by Crippen LogP contribution is -2.12. The molecule has 1 aromatic heterocycles. The van der Waals surface area contributed by atoms with E-state index in [1.54, 1.807) is 6.07 Å². The van der Waals surface area contributed by atoms with E-state index in [2.05, 4.69) is 13.8 Å². The van der Waals surface area contributed by atoms with Crippen LogP contribution in [0.3, 0.4) is 0 Å². The van der Waals surface area contributed by atoms with Gasteiger partial charge in [0.25, 0.3) is 0 Å². The maximum Gasteiger partial charge on any atom is 0.339 e. The van der Waals surface area contributed by atoms with E-state index < -0.39 is 0 Å². The molecular weight excluding hydrogens is 360 g/mol. The van der Waals surface area contributed by atoms with Crippen molar-refractivity contribution < 1.29 is 9.52 Å². The van der Waals surface area contributed by atoms with Gasteiger partial charge < -0.3 is 9.52 Å². The molecule has 2 aromatic rings. The van der Waals surface area contributed by atoms with Crippen LogP contribution in [0, 0.1) is 0 Å². The minimum absolute atomic E-state index is 0.125. The van der Waals surface area contributed by atoms with Gasteiger partial charge in [0.05, 0.1) is 0 Å². The fourth-order valence-electron chi connectivity index (χ4n) is 4.26. The van der Waals surface area contributed by atoms with E-state index in [4.69, 9.17) is 4.42 Å². The van der Waals surface area contributed by atoms with Gasteiger partial charge in [0.2, 0.25) is 0 Å². The minimum atomic E-state index is -0.246. The molecular formula is C26H40O3. The maximum absolute atomic E-state index is 12.5. The largest absolute Gasteiger partial charge is 0.508 e. The van der Waals surface area contributed by atoms with Gasteiger partial charge in [-0.15, -0.1) is 0 Å². The van der Waals surface area contributed by atoms with Gasteiger partial charge in [-0.3, -0.25) is 0 Å². The van der Waals surface area contributed by atoms with Crippen molar-refractivity contribution in [3.05, 3.63) is 40.2 Å². The van der Waals surface area contributed by atoms with Crippen LogP contribution in [-0.4, -0.2) is 5.11 Å². The lowest BCUT2D eigenvalue weighted by atomic mass is 9.89. The number of hydrogen-bond acceptors (Lipinski definition) is 3. The van der Waals surface area contributed by atoms with E-state index in [1.165, 1.54) is 76.7 Å². The Labute approximate surface area is 176 Å². The quantitative estimate of drug-likeness (QED) is 0.243. The number of phenols is 1. The number of aromatic hydroxyl groups is 1. The molecule has 162 valence electrons. The van der Waals surface area contributed by atoms with Crippen LogP contribution in [0.2, 0.25) is 0 Å². The van der Waals surface area contributed by atoms with Crippen molar-refractivity contribution in [2.45, 2.75) is 110 Å². The second-order valence-electron chi connectivity index (χ2n) is 8.52. The van der Waals surface area contributed by atoms with Gasteiger partial charge in [0.15, 0.2) is 0 Å².